The lowest BCUT2D eigenvalue weighted by atomic mass is 9.59. The second kappa shape index (κ2) is 15.8. The molecule has 1 saturated heterocycles. The number of aliphatic carboxylic acids is 1. The molecule has 11 N–H and O–H groups in total. The number of carbonyl (C=O) groups excluding carboxylic acids is 1. The number of phenolic OH excluding ortho intramolecular Hbond substituents is 2. The number of aliphatic hydroxyl groups is 5. The molecule has 5 aliphatic rings. The molecular weight excluding hydrogens is 801 g/mol. The molecular formula is C46H52N4O12. The van der Waals surface area contributed by atoms with Gasteiger partial charge in [0.25, 0.3) is 5.91 Å². The lowest BCUT2D eigenvalue weighted by Gasteiger charge is -2.46. The van der Waals surface area contributed by atoms with Gasteiger partial charge in [0.2, 0.25) is 0 Å². The number of aryl methyl sites for hydroxylation is 1. The number of nitrogens with one attached hydrogen (secondary N) is 1. The average Bonchev–Trinajstić information content (AvgIpc) is 3.97. The number of carboxylic acids is 1. The highest BCUT2D eigenvalue weighted by atomic mass is 16.8. The van der Waals surface area contributed by atoms with Gasteiger partial charge in [-0.15, -0.1) is 0 Å². The van der Waals surface area contributed by atoms with Crippen LogP contribution >= 0.6 is 0 Å². The van der Waals surface area contributed by atoms with Crippen molar-refractivity contribution in [3.63, 3.8) is 0 Å². The molecule has 3 aromatic carbocycles. The van der Waals surface area contributed by atoms with Crippen LogP contribution in [0.3, 0.4) is 0 Å². The van der Waals surface area contributed by atoms with Crippen molar-refractivity contribution in [3.8, 4) is 17.2 Å². The Morgan fingerprint density at radius 3 is 2.56 bits per heavy atom. The van der Waals surface area contributed by atoms with Crippen LogP contribution in [0.25, 0.3) is 6.08 Å². The van der Waals surface area contributed by atoms with Crippen LogP contribution in [0.2, 0.25) is 0 Å². The number of hydrogen-bond acceptors (Lipinski definition) is 13. The predicted octanol–water partition coefficient (Wildman–Crippen LogP) is 2.96. The second-order valence-electron chi connectivity index (χ2n) is 17.7. The number of ether oxygens (including phenoxy) is 2. The number of aromatic nitrogens is 2. The van der Waals surface area contributed by atoms with Crippen LogP contribution < -0.4 is 15.4 Å². The summed E-state index contributed by atoms with van der Waals surface area (Å²) in [6.45, 7) is 1.22. The number of hydrogen-bond donors (Lipinski definition) is 10. The molecule has 16 nitrogen and oxygen atoms in total. The van der Waals surface area contributed by atoms with Gasteiger partial charge in [-0.1, -0.05) is 37.3 Å². The number of rotatable bonds is 9. The summed E-state index contributed by atoms with van der Waals surface area (Å²) in [4.78, 5) is 37.2. The van der Waals surface area contributed by atoms with E-state index >= 15 is 0 Å². The molecule has 9 rings (SSSR count). The highest BCUT2D eigenvalue weighted by molar-refractivity contribution is 6.10. The fraction of sp³-hybridized carbons (Fsp3) is 0.457. The minimum Gasteiger partial charge on any atom is -0.508 e. The number of aromatic hydroxyl groups is 2. The quantitative estimate of drug-likeness (QED) is 0.0857. The molecule has 62 heavy (non-hydrogen) atoms. The molecule has 0 radical (unpaired) electrons. The maximum atomic E-state index is 14.7. The fourth-order valence-corrected chi connectivity index (χ4v) is 11.3. The number of aliphatic hydroxyl groups excluding tert-OH is 4. The highest BCUT2D eigenvalue weighted by Crippen LogP contribution is 2.59. The van der Waals surface area contributed by atoms with E-state index in [0.717, 1.165) is 65.6 Å². The van der Waals surface area contributed by atoms with E-state index in [9.17, 15) is 50.4 Å². The summed E-state index contributed by atoms with van der Waals surface area (Å²) in [7, 11) is 0. The van der Waals surface area contributed by atoms with E-state index in [1.165, 1.54) is 18.2 Å². The number of amides is 1. The van der Waals surface area contributed by atoms with Crippen molar-refractivity contribution < 1.29 is 59.9 Å². The summed E-state index contributed by atoms with van der Waals surface area (Å²) in [6.07, 6.45) is 1.73. The molecule has 2 fully saturated rings. The van der Waals surface area contributed by atoms with Gasteiger partial charge in [0.1, 0.15) is 30.1 Å². The number of carboxylic acid groups (broad SMARTS) is 1. The normalized spacial score (nSPS) is 33.8. The number of aromatic amines is 1. The van der Waals surface area contributed by atoms with E-state index in [4.69, 9.17) is 15.2 Å². The Morgan fingerprint density at radius 1 is 1.00 bits per heavy atom. The van der Waals surface area contributed by atoms with Gasteiger partial charge in [-0.3, -0.25) is 9.69 Å². The number of benzene rings is 3. The van der Waals surface area contributed by atoms with Crippen molar-refractivity contribution in [1.82, 2.24) is 9.97 Å². The lowest BCUT2D eigenvalue weighted by Crippen LogP contribution is -2.67. The molecule has 4 aromatic rings. The minimum atomic E-state index is -3.12. The van der Waals surface area contributed by atoms with Gasteiger partial charge >= 0.3 is 11.9 Å². The largest absolute Gasteiger partial charge is 0.508 e. The number of fused-ring (bicyclic) bond motifs is 5. The van der Waals surface area contributed by atoms with Crippen molar-refractivity contribution in [2.24, 2.45) is 11.7 Å². The third-order valence-corrected chi connectivity index (χ3v) is 14.4. The van der Waals surface area contributed by atoms with Crippen LogP contribution in [-0.2, 0) is 26.2 Å². The van der Waals surface area contributed by atoms with Gasteiger partial charge < -0.3 is 61.0 Å². The SMILES string of the molecule is CC1CCC(c2cc(C=CC(=O)N3c4cc(OC5(O)OC(CO)C(O)C(O)C5O)c(O)cc4C(CC45c6ccccc6CCC4CCC5N)C3C(=O)O)ccc2O)c2[nH]cnc21. The Labute approximate surface area is 356 Å². The van der Waals surface area contributed by atoms with E-state index in [2.05, 4.69) is 23.0 Å². The maximum absolute atomic E-state index is 14.7. The summed E-state index contributed by atoms with van der Waals surface area (Å²) < 4.78 is 10.9. The smallest absolute Gasteiger partial charge is 0.355 e. The first kappa shape index (κ1) is 42.0. The molecule has 1 saturated carbocycles. The average molecular weight is 853 g/mol. The third kappa shape index (κ3) is 6.67. The van der Waals surface area contributed by atoms with Gasteiger partial charge in [0, 0.05) is 52.6 Å². The van der Waals surface area contributed by atoms with Gasteiger partial charge in [0.05, 0.1) is 24.3 Å². The first-order chi connectivity index (χ1) is 29.7. The van der Waals surface area contributed by atoms with Crippen LogP contribution in [0.15, 0.2) is 67.0 Å². The molecule has 16 heteroatoms. The standard InChI is InChI=1S/C46H52N4O12/c1-22-6-12-26(39-38(22)48-21-49-39)28-16-23(7-13-32(28)52)8-15-37(54)50-31-18-34(61-46(60)43(57)42(56)41(55)35(20-51)62-46)33(53)17-27(31)29(40(50)44(58)59)19-45-25(11-14-36(45)47)10-9-24-4-2-3-5-30(24)45/h2-5,7-8,13,15-18,21-22,25-26,29,35-36,40-43,51-53,55-57,60H,6,9-12,14,19-20,47H2,1H3,(H,48,49)(H,58,59). The Hall–Kier alpha value is -5.33. The molecule has 3 aliphatic carbocycles. The number of nitrogens with two attached hydrogens (primary N) is 1. The van der Waals surface area contributed by atoms with Crippen molar-refractivity contribution >= 4 is 23.6 Å². The number of anilines is 1. The molecule has 12 atom stereocenters. The fourth-order valence-electron chi connectivity index (χ4n) is 11.3. The summed E-state index contributed by atoms with van der Waals surface area (Å²) in [5, 5.41) is 86.4. The number of carbonyl (C=O) groups is 2. The van der Waals surface area contributed by atoms with Crippen LogP contribution in [0.4, 0.5) is 5.69 Å². The number of H-pyrrole nitrogens is 1. The maximum Gasteiger partial charge on any atom is 0.355 e. The second-order valence-corrected chi connectivity index (χ2v) is 17.7. The van der Waals surface area contributed by atoms with Gasteiger partial charge in [0.15, 0.2) is 17.6 Å². The molecule has 328 valence electrons. The molecule has 3 heterocycles. The lowest BCUT2D eigenvalue weighted by molar-refractivity contribution is -0.422. The number of imidazole rings is 1. The Kier molecular flexibility index (Phi) is 10.7. The first-order valence-corrected chi connectivity index (χ1v) is 21.2. The zero-order valence-electron chi connectivity index (χ0n) is 34.0. The highest BCUT2D eigenvalue weighted by Gasteiger charge is 2.58. The molecule has 1 amide bonds. The van der Waals surface area contributed by atoms with E-state index in [0.29, 0.717) is 23.1 Å². The minimum absolute atomic E-state index is 0.0242. The summed E-state index contributed by atoms with van der Waals surface area (Å²) in [5.74, 6) is -6.98. The summed E-state index contributed by atoms with van der Waals surface area (Å²) >= 11 is 0. The predicted molar refractivity (Wildman–Crippen MR) is 222 cm³/mol. The zero-order chi connectivity index (χ0) is 43.8. The topological polar surface area (TPSA) is 272 Å². The third-order valence-electron chi connectivity index (χ3n) is 14.4. The van der Waals surface area contributed by atoms with E-state index in [1.54, 1.807) is 24.5 Å². The van der Waals surface area contributed by atoms with E-state index in [1.807, 2.05) is 18.2 Å². The Bertz CT molecular complexity index is 2420. The van der Waals surface area contributed by atoms with Crippen LogP contribution in [0.5, 0.6) is 17.2 Å². The Balaban J connectivity index is 1.12. The molecule has 1 aromatic heterocycles. The molecule has 12 unspecified atom stereocenters. The first-order valence-electron chi connectivity index (χ1n) is 21.2. The van der Waals surface area contributed by atoms with Crippen LogP contribution in [-0.4, -0.2) is 112 Å². The molecule has 0 bridgehead atoms. The van der Waals surface area contributed by atoms with Crippen LogP contribution in [0, 0.1) is 5.92 Å². The molecule has 0 spiro atoms. The number of nitrogens with zero attached hydrogens (tertiary/aromatic N) is 2. The van der Waals surface area contributed by atoms with Crippen LogP contribution in [0.1, 0.15) is 102 Å². The van der Waals surface area contributed by atoms with Crippen molar-refractivity contribution in [1.29, 1.82) is 0 Å². The van der Waals surface area contributed by atoms with E-state index < -0.39 is 77.7 Å². The van der Waals surface area contributed by atoms with Crippen molar-refractivity contribution in [3.05, 3.63) is 106 Å². The summed E-state index contributed by atoms with van der Waals surface area (Å²) in [6, 6.07) is 13.6. The summed E-state index contributed by atoms with van der Waals surface area (Å²) in [5.41, 5.74) is 11.9. The number of phenols is 2. The molecule has 2 aliphatic heterocycles. The Morgan fingerprint density at radius 2 is 1.79 bits per heavy atom. The monoisotopic (exact) mass is 852 g/mol. The van der Waals surface area contributed by atoms with Crippen molar-refractivity contribution in [2.45, 2.75) is 118 Å². The van der Waals surface area contributed by atoms with Gasteiger partial charge in [-0.2, -0.15) is 0 Å². The van der Waals surface area contributed by atoms with Gasteiger partial charge in [-0.25, -0.2) is 9.78 Å². The van der Waals surface area contributed by atoms with Gasteiger partial charge in [-0.05, 0) is 97.4 Å². The van der Waals surface area contributed by atoms with E-state index in [-0.39, 0.29) is 41.7 Å². The van der Waals surface area contributed by atoms with Crippen molar-refractivity contribution in [2.75, 3.05) is 11.5 Å². The zero-order valence-corrected chi connectivity index (χ0v) is 34.0.